The summed E-state index contributed by atoms with van der Waals surface area (Å²) in [7, 11) is -3.05. The molecule has 0 radical (unpaired) electrons. The summed E-state index contributed by atoms with van der Waals surface area (Å²) in [5, 5.41) is 6.42. The Morgan fingerprint density at radius 2 is 2.07 bits per heavy atom. The first-order chi connectivity index (χ1) is 13.0. The van der Waals surface area contributed by atoms with Crippen LogP contribution in [-0.4, -0.2) is 57.2 Å². The topological polar surface area (TPSA) is 83.0 Å². The van der Waals surface area contributed by atoms with Crippen LogP contribution in [0.4, 0.5) is 0 Å². The number of benzene rings is 1. The Kier molecular flexibility index (Phi) is 11.1. The molecular weight excluding hydrogens is 491 g/mol. The maximum Gasteiger partial charge on any atom is 0.214 e. The number of sulfonamides is 1. The van der Waals surface area contributed by atoms with Gasteiger partial charge in [0.25, 0.3) is 0 Å². The van der Waals surface area contributed by atoms with Gasteiger partial charge in [-0.25, -0.2) is 17.7 Å². The molecule has 9 heteroatoms. The van der Waals surface area contributed by atoms with Crippen molar-refractivity contribution in [1.29, 1.82) is 0 Å². The van der Waals surface area contributed by atoms with E-state index in [9.17, 15) is 8.42 Å². The largest absolute Gasteiger partial charge is 0.493 e. The fourth-order valence-corrected chi connectivity index (χ4v) is 4.41. The summed E-state index contributed by atoms with van der Waals surface area (Å²) in [4.78, 5) is 4.63. The molecule has 0 saturated carbocycles. The zero-order chi connectivity index (χ0) is 19.7. The summed E-state index contributed by atoms with van der Waals surface area (Å²) in [6.07, 6.45) is 1.67. The summed E-state index contributed by atoms with van der Waals surface area (Å²) in [5.74, 6) is 1.81. The molecule has 1 fully saturated rings. The molecular formula is C19H33IN4O3S. The Morgan fingerprint density at radius 1 is 1.29 bits per heavy atom. The summed E-state index contributed by atoms with van der Waals surface area (Å²) in [6, 6.07) is 6.14. The number of nitrogens with zero attached hydrogens (tertiary/aromatic N) is 2. The van der Waals surface area contributed by atoms with Crippen LogP contribution in [0, 0.1) is 6.92 Å². The molecule has 0 spiro atoms. The first-order valence-electron chi connectivity index (χ1n) is 9.68. The minimum Gasteiger partial charge on any atom is -0.493 e. The van der Waals surface area contributed by atoms with Gasteiger partial charge in [-0.05, 0) is 38.3 Å². The highest BCUT2D eigenvalue weighted by atomic mass is 127. The third-order valence-corrected chi connectivity index (χ3v) is 6.25. The van der Waals surface area contributed by atoms with Crippen LogP contribution in [0.2, 0.25) is 0 Å². The molecule has 2 rings (SSSR count). The van der Waals surface area contributed by atoms with Crippen LogP contribution in [0.5, 0.6) is 5.75 Å². The molecule has 2 N–H and O–H groups in total. The monoisotopic (exact) mass is 524 g/mol. The lowest BCUT2D eigenvalue weighted by atomic mass is 10.1. The van der Waals surface area contributed by atoms with E-state index >= 15 is 0 Å². The van der Waals surface area contributed by atoms with Gasteiger partial charge in [-0.3, -0.25) is 0 Å². The van der Waals surface area contributed by atoms with Gasteiger partial charge < -0.3 is 15.4 Å². The van der Waals surface area contributed by atoms with Crippen LogP contribution in [0.1, 0.15) is 37.8 Å². The molecule has 1 heterocycles. The van der Waals surface area contributed by atoms with E-state index in [0.29, 0.717) is 45.2 Å². The van der Waals surface area contributed by atoms with Crippen LogP contribution >= 0.6 is 24.0 Å². The predicted octanol–water partition coefficient (Wildman–Crippen LogP) is 2.49. The summed E-state index contributed by atoms with van der Waals surface area (Å²) >= 11 is 0. The molecule has 1 aromatic carbocycles. The Labute approximate surface area is 186 Å². The number of guanidine groups is 1. The van der Waals surface area contributed by atoms with Gasteiger partial charge in [0.1, 0.15) is 5.75 Å². The van der Waals surface area contributed by atoms with Crippen molar-refractivity contribution in [1.82, 2.24) is 14.9 Å². The van der Waals surface area contributed by atoms with Crippen molar-refractivity contribution in [3.05, 3.63) is 29.3 Å². The van der Waals surface area contributed by atoms with Gasteiger partial charge in [-0.15, -0.1) is 24.0 Å². The molecule has 0 aliphatic carbocycles. The third kappa shape index (κ3) is 7.75. The molecule has 1 aliphatic heterocycles. The normalized spacial score (nSPS) is 16.5. The number of hydrogen-bond acceptors (Lipinski definition) is 4. The molecule has 7 nitrogen and oxygen atoms in total. The van der Waals surface area contributed by atoms with E-state index in [0.717, 1.165) is 29.8 Å². The highest BCUT2D eigenvalue weighted by Gasteiger charge is 2.27. The highest BCUT2D eigenvalue weighted by Crippen LogP contribution is 2.21. The zero-order valence-electron chi connectivity index (χ0n) is 17.0. The standard InChI is InChI=1S/C19H32N4O3S.HI/c1-4-12-26-18-14-16(3)7-8-17(18)15-22-19(20-5-2)21-9-11-23-10-6-13-27(23,24)25;/h7-8,14H,4-6,9-13,15H2,1-3H3,(H2,20,21,22);1H. The molecule has 0 unspecified atom stereocenters. The predicted molar refractivity (Wildman–Crippen MR) is 125 cm³/mol. The number of ether oxygens (including phenoxy) is 1. The first kappa shape index (κ1) is 25.0. The van der Waals surface area contributed by atoms with Gasteiger partial charge in [0.15, 0.2) is 5.96 Å². The fraction of sp³-hybridized carbons (Fsp3) is 0.632. The summed E-state index contributed by atoms with van der Waals surface area (Å²) < 4.78 is 31.1. The average molecular weight is 524 g/mol. The van der Waals surface area contributed by atoms with Crippen molar-refractivity contribution < 1.29 is 13.2 Å². The quantitative estimate of drug-likeness (QED) is 0.295. The molecule has 0 amide bonds. The van der Waals surface area contributed by atoms with Gasteiger partial charge >= 0.3 is 0 Å². The fourth-order valence-electron chi connectivity index (χ4n) is 2.89. The number of nitrogens with one attached hydrogen (secondary N) is 2. The van der Waals surface area contributed by atoms with Crippen LogP contribution in [0.3, 0.4) is 0 Å². The van der Waals surface area contributed by atoms with Crippen molar-refractivity contribution in [2.45, 2.75) is 40.2 Å². The molecule has 28 heavy (non-hydrogen) atoms. The Morgan fingerprint density at radius 3 is 2.71 bits per heavy atom. The molecule has 0 aromatic heterocycles. The van der Waals surface area contributed by atoms with Gasteiger partial charge in [0.2, 0.25) is 10.0 Å². The average Bonchev–Trinajstić information content (AvgIpc) is 2.97. The van der Waals surface area contributed by atoms with E-state index in [-0.39, 0.29) is 29.7 Å². The minimum atomic E-state index is -3.05. The van der Waals surface area contributed by atoms with Gasteiger partial charge in [0.05, 0.1) is 18.9 Å². The molecule has 1 saturated heterocycles. The number of aliphatic imine (C=N–C) groups is 1. The molecule has 1 aromatic rings. The van der Waals surface area contributed by atoms with Crippen LogP contribution in [0.15, 0.2) is 23.2 Å². The van der Waals surface area contributed by atoms with Crippen molar-refractivity contribution in [3.8, 4) is 5.75 Å². The number of hydrogen-bond donors (Lipinski definition) is 2. The Hall–Kier alpha value is -1.07. The van der Waals surface area contributed by atoms with E-state index < -0.39 is 10.0 Å². The zero-order valence-corrected chi connectivity index (χ0v) is 20.2. The van der Waals surface area contributed by atoms with E-state index in [2.05, 4.69) is 28.6 Å². The van der Waals surface area contributed by atoms with Gasteiger partial charge in [-0.2, -0.15) is 0 Å². The molecule has 0 bridgehead atoms. The van der Waals surface area contributed by atoms with E-state index in [1.807, 2.05) is 26.0 Å². The second-order valence-corrected chi connectivity index (χ2v) is 8.74. The van der Waals surface area contributed by atoms with Gasteiger partial charge in [-0.1, -0.05) is 19.1 Å². The SMILES string of the molecule is CCCOc1cc(C)ccc1CN=C(NCC)NCCN1CCCS1(=O)=O.I. The maximum atomic E-state index is 11.9. The second-order valence-electron chi connectivity index (χ2n) is 6.65. The lowest BCUT2D eigenvalue weighted by Gasteiger charge is -2.17. The summed E-state index contributed by atoms with van der Waals surface area (Å²) in [6.45, 7) is 9.65. The van der Waals surface area contributed by atoms with Crippen molar-refractivity contribution in [2.24, 2.45) is 4.99 Å². The molecule has 0 atom stereocenters. The number of halogens is 1. The van der Waals surface area contributed by atoms with Crippen molar-refractivity contribution in [3.63, 3.8) is 0 Å². The first-order valence-corrected chi connectivity index (χ1v) is 11.3. The lowest BCUT2D eigenvalue weighted by Crippen LogP contribution is -2.42. The Balaban J connectivity index is 0.00000392. The number of aryl methyl sites for hydroxylation is 1. The van der Waals surface area contributed by atoms with Crippen LogP contribution < -0.4 is 15.4 Å². The molecule has 160 valence electrons. The highest BCUT2D eigenvalue weighted by molar-refractivity contribution is 14.0. The maximum absolute atomic E-state index is 11.9. The van der Waals surface area contributed by atoms with Gasteiger partial charge in [0, 0.05) is 31.7 Å². The van der Waals surface area contributed by atoms with E-state index in [1.165, 1.54) is 0 Å². The van der Waals surface area contributed by atoms with E-state index in [4.69, 9.17) is 4.74 Å². The number of rotatable bonds is 9. The smallest absolute Gasteiger partial charge is 0.214 e. The van der Waals surface area contributed by atoms with Crippen molar-refractivity contribution in [2.75, 3.05) is 38.5 Å². The van der Waals surface area contributed by atoms with E-state index in [1.54, 1.807) is 4.31 Å². The molecule has 1 aliphatic rings. The lowest BCUT2D eigenvalue weighted by molar-refractivity contribution is 0.314. The minimum absolute atomic E-state index is 0. The third-order valence-electron chi connectivity index (χ3n) is 4.29. The van der Waals surface area contributed by atoms with Crippen LogP contribution in [-0.2, 0) is 16.6 Å². The van der Waals surface area contributed by atoms with Crippen LogP contribution in [0.25, 0.3) is 0 Å². The Bertz CT molecular complexity index is 741. The van der Waals surface area contributed by atoms with Crippen molar-refractivity contribution >= 4 is 40.0 Å². The summed E-state index contributed by atoms with van der Waals surface area (Å²) in [5.41, 5.74) is 2.19. The second kappa shape index (κ2) is 12.5.